The first-order valence-electron chi connectivity index (χ1n) is 7.81. The number of nitriles is 1. The molecule has 3 aliphatic rings. The lowest BCUT2D eigenvalue weighted by atomic mass is 9.70. The first-order chi connectivity index (χ1) is 9.18. The zero-order valence-corrected chi connectivity index (χ0v) is 11.6. The predicted molar refractivity (Wildman–Crippen MR) is 71.4 cm³/mol. The first kappa shape index (κ1) is 13.1. The van der Waals surface area contributed by atoms with Crippen molar-refractivity contribution in [3.05, 3.63) is 0 Å². The van der Waals surface area contributed by atoms with E-state index in [1.165, 1.54) is 25.7 Å². The van der Waals surface area contributed by atoms with Crippen molar-refractivity contribution in [1.82, 2.24) is 0 Å². The number of hydrogen-bond donors (Lipinski definition) is 0. The van der Waals surface area contributed by atoms with Crippen molar-refractivity contribution in [3.8, 4) is 6.07 Å². The highest BCUT2D eigenvalue weighted by atomic mass is 16.5. The summed E-state index contributed by atoms with van der Waals surface area (Å²) in [7, 11) is 0. The van der Waals surface area contributed by atoms with Crippen LogP contribution in [0, 0.1) is 16.7 Å². The molecule has 1 spiro atoms. The van der Waals surface area contributed by atoms with E-state index in [1.807, 2.05) is 0 Å². The summed E-state index contributed by atoms with van der Waals surface area (Å²) in [6.45, 7) is 0. The third-order valence-corrected chi connectivity index (χ3v) is 5.43. The minimum absolute atomic E-state index is 0.110. The fourth-order valence-corrected chi connectivity index (χ4v) is 4.29. The molecular formula is C16H23NO2. The Morgan fingerprint density at radius 3 is 2.58 bits per heavy atom. The number of carbonyl (C=O) groups excluding carboxylic acids is 1. The summed E-state index contributed by atoms with van der Waals surface area (Å²) >= 11 is 0. The van der Waals surface area contributed by atoms with Crippen molar-refractivity contribution in [3.63, 3.8) is 0 Å². The number of ether oxygens (including phenoxy) is 1. The average molecular weight is 261 g/mol. The topological polar surface area (TPSA) is 50.1 Å². The molecular weight excluding hydrogens is 238 g/mol. The molecule has 0 bridgehead atoms. The van der Waals surface area contributed by atoms with Crippen LogP contribution >= 0.6 is 0 Å². The molecule has 0 amide bonds. The fourth-order valence-electron chi connectivity index (χ4n) is 4.29. The van der Waals surface area contributed by atoms with Crippen LogP contribution in [0.1, 0.15) is 70.6 Å². The molecule has 1 aliphatic heterocycles. The van der Waals surface area contributed by atoms with Gasteiger partial charge in [0.05, 0.1) is 17.8 Å². The van der Waals surface area contributed by atoms with Gasteiger partial charge in [0.2, 0.25) is 0 Å². The second kappa shape index (κ2) is 4.90. The predicted octanol–water partition coefficient (Wildman–Crippen LogP) is 3.52. The Hall–Kier alpha value is -0.880. The molecule has 0 aromatic rings. The van der Waals surface area contributed by atoms with E-state index in [2.05, 4.69) is 6.07 Å². The monoisotopic (exact) mass is 261 g/mol. The molecule has 2 saturated carbocycles. The van der Waals surface area contributed by atoms with E-state index in [4.69, 9.17) is 4.74 Å². The molecule has 3 heteroatoms. The second-order valence-electron chi connectivity index (χ2n) is 6.70. The third kappa shape index (κ3) is 2.31. The minimum Gasteiger partial charge on any atom is -0.372 e. The molecule has 2 atom stereocenters. The summed E-state index contributed by atoms with van der Waals surface area (Å²) < 4.78 is 6.28. The molecule has 19 heavy (non-hydrogen) atoms. The van der Waals surface area contributed by atoms with Crippen molar-refractivity contribution >= 4 is 5.78 Å². The van der Waals surface area contributed by atoms with Crippen LogP contribution in [0.5, 0.6) is 0 Å². The Labute approximate surface area is 115 Å². The van der Waals surface area contributed by atoms with Gasteiger partial charge in [0.25, 0.3) is 0 Å². The van der Waals surface area contributed by atoms with E-state index in [1.54, 1.807) is 0 Å². The van der Waals surface area contributed by atoms with Crippen LogP contribution in [-0.4, -0.2) is 17.5 Å². The van der Waals surface area contributed by atoms with Gasteiger partial charge < -0.3 is 4.74 Å². The highest BCUT2D eigenvalue weighted by Gasteiger charge is 2.47. The van der Waals surface area contributed by atoms with Gasteiger partial charge in [-0.2, -0.15) is 5.26 Å². The standard InChI is InChI=1S/C16H23NO2/c17-12-15(7-2-1-5-14(15)18)11-13-6-10-16(19-13)8-3-4-9-16/h13H,1-11H2. The van der Waals surface area contributed by atoms with E-state index >= 15 is 0 Å². The van der Waals surface area contributed by atoms with E-state index in [0.717, 1.165) is 32.1 Å². The van der Waals surface area contributed by atoms with Gasteiger partial charge in [0.1, 0.15) is 5.41 Å². The Kier molecular flexibility index (Phi) is 3.39. The van der Waals surface area contributed by atoms with Crippen molar-refractivity contribution < 1.29 is 9.53 Å². The smallest absolute Gasteiger partial charge is 0.153 e. The molecule has 0 N–H and O–H groups in total. The highest BCUT2D eigenvalue weighted by molar-refractivity contribution is 5.88. The van der Waals surface area contributed by atoms with E-state index in [-0.39, 0.29) is 17.5 Å². The summed E-state index contributed by atoms with van der Waals surface area (Å²) in [6.07, 6.45) is 11.2. The maximum absolute atomic E-state index is 12.2. The van der Waals surface area contributed by atoms with Crippen LogP contribution in [0.3, 0.4) is 0 Å². The van der Waals surface area contributed by atoms with Gasteiger partial charge >= 0.3 is 0 Å². The Morgan fingerprint density at radius 2 is 1.89 bits per heavy atom. The molecule has 3 rings (SSSR count). The van der Waals surface area contributed by atoms with Gasteiger partial charge in [-0.1, -0.05) is 19.3 Å². The largest absolute Gasteiger partial charge is 0.372 e. The second-order valence-corrected chi connectivity index (χ2v) is 6.70. The Bertz CT molecular complexity index is 405. The maximum Gasteiger partial charge on any atom is 0.153 e. The van der Waals surface area contributed by atoms with Crippen LogP contribution in [0.2, 0.25) is 0 Å². The molecule has 3 fully saturated rings. The maximum atomic E-state index is 12.2. The van der Waals surface area contributed by atoms with Crippen molar-refractivity contribution in [1.29, 1.82) is 5.26 Å². The molecule has 0 radical (unpaired) electrons. The first-order valence-corrected chi connectivity index (χ1v) is 7.81. The number of carbonyl (C=O) groups is 1. The van der Waals surface area contributed by atoms with Gasteiger partial charge in [-0.05, 0) is 44.9 Å². The summed E-state index contributed by atoms with van der Waals surface area (Å²) in [5.41, 5.74) is -0.619. The SMILES string of the molecule is N#CC1(CC2CCC3(CCCC3)O2)CCCCC1=O. The molecule has 1 heterocycles. The summed E-state index contributed by atoms with van der Waals surface area (Å²) in [4.78, 5) is 12.2. The van der Waals surface area contributed by atoms with Gasteiger partial charge in [0, 0.05) is 6.42 Å². The molecule has 2 unspecified atom stereocenters. The van der Waals surface area contributed by atoms with Crippen LogP contribution in [0.25, 0.3) is 0 Å². The van der Waals surface area contributed by atoms with Crippen molar-refractivity contribution in [2.45, 2.75) is 82.3 Å². The lowest BCUT2D eigenvalue weighted by molar-refractivity contribution is -0.131. The number of rotatable bonds is 2. The third-order valence-electron chi connectivity index (χ3n) is 5.43. The molecule has 3 nitrogen and oxygen atoms in total. The molecule has 104 valence electrons. The Morgan fingerprint density at radius 1 is 1.16 bits per heavy atom. The summed E-state index contributed by atoms with van der Waals surface area (Å²) in [6, 6.07) is 2.34. The van der Waals surface area contributed by atoms with Gasteiger partial charge in [-0.25, -0.2) is 0 Å². The molecule has 0 aromatic heterocycles. The van der Waals surface area contributed by atoms with Crippen LogP contribution in [0.4, 0.5) is 0 Å². The minimum atomic E-state index is -0.729. The molecule has 2 aliphatic carbocycles. The number of ketones is 1. The van der Waals surface area contributed by atoms with Crippen LogP contribution in [0.15, 0.2) is 0 Å². The average Bonchev–Trinajstić information content (AvgIpc) is 3.03. The summed E-state index contributed by atoms with van der Waals surface area (Å²) in [5, 5.41) is 9.50. The van der Waals surface area contributed by atoms with Crippen molar-refractivity contribution in [2.75, 3.05) is 0 Å². The number of hydrogen-bond acceptors (Lipinski definition) is 3. The number of Topliss-reactive ketones (excluding diaryl/α,β-unsaturated/α-hetero) is 1. The van der Waals surface area contributed by atoms with E-state index < -0.39 is 5.41 Å². The zero-order chi connectivity index (χ0) is 13.3. The van der Waals surface area contributed by atoms with Gasteiger partial charge in [-0.15, -0.1) is 0 Å². The quantitative estimate of drug-likeness (QED) is 0.764. The Balaban J connectivity index is 1.67. The lowest BCUT2D eigenvalue weighted by Crippen LogP contribution is -2.37. The van der Waals surface area contributed by atoms with Gasteiger partial charge in [-0.3, -0.25) is 4.79 Å². The molecule has 0 aromatic carbocycles. The van der Waals surface area contributed by atoms with Gasteiger partial charge in [0.15, 0.2) is 5.78 Å². The fraction of sp³-hybridized carbons (Fsp3) is 0.875. The van der Waals surface area contributed by atoms with Crippen LogP contribution < -0.4 is 0 Å². The lowest BCUT2D eigenvalue weighted by Gasteiger charge is -2.32. The zero-order valence-electron chi connectivity index (χ0n) is 11.6. The van der Waals surface area contributed by atoms with Crippen molar-refractivity contribution in [2.24, 2.45) is 5.41 Å². The molecule has 1 saturated heterocycles. The summed E-state index contributed by atoms with van der Waals surface area (Å²) in [5.74, 6) is 0.164. The van der Waals surface area contributed by atoms with Crippen LogP contribution in [-0.2, 0) is 9.53 Å². The van der Waals surface area contributed by atoms with E-state index in [9.17, 15) is 10.1 Å². The highest BCUT2D eigenvalue weighted by Crippen LogP contribution is 2.47. The van der Waals surface area contributed by atoms with E-state index in [0.29, 0.717) is 12.8 Å². The normalized spacial score (nSPS) is 37.6. The number of nitrogens with zero attached hydrogens (tertiary/aromatic N) is 1.